The number of fused-ring (bicyclic) bond motifs is 1. The second-order valence-electron chi connectivity index (χ2n) is 1.75. The molecule has 10 heavy (non-hydrogen) atoms. The SMILES string of the molecule is O=C=NCl.c1cc2ccc1-2. The zero-order valence-electron chi connectivity index (χ0n) is 5.04. The van der Waals surface area contributed by atoms with Gasteiger partial charge in [-0.05, 0) is 11.1 Å². The van der Waals surface area contributed by atoms with Crippen LogP contribution in [0.5, 0.6) is 0 Å². The Hall–Kier alpha value is -1.11. The van der Waals surface area contributed by atoms with E-state index in [2.05, 4.69) is 40.6 Å². The molecule has 2 aliphatic carbocycles. The van der Waals surface area contributed by atoms with E-state index in [4.69, 9.17) is 4.79 Å². The zero-order valence-corrected chi connectivity index (χ0v) is 5.80. The maximum Gasteiger partial charge on any atom is 0.253 e. The smallest absolute Gasteiger partial charge is 0.210 e. The molecule has 0 heterocycles. The lowest BCUT2D eigenvalue weighted by Crippen LogP contribution is -1.85. The van der Waals surface area contributed by atoms with Gasteiger partial charge in [-0.3, -0.25) is 0 Å². The van der Waals surface area contributed by atoms with E-state index in [1.165, 1.54) is 11.1 Å². The highest BCUT2D eigenvalue weighted by Gasteiger charge is 2.03. The number of carbonyl (C=O) groups excluding carboxylic acids is 1. The molecular weight excluding hydrogens is 150 g/mol. The fourth-order valence-corrected chi connectivity index (χ4v) is 0.663. The third-order valence-electron chi connectivity index (χ3n) is 1.25. The van der Waals surface area contributed by atoms with E-state index < -0.39 is 0 Å². The molecule has 0 aromatic heterocycles. The van der Waals surface area contributed by atoms with Crippen LogP contribution >= 0.6 is 11.8 Å². The van der Waals surface area contributed by atoms with Gasteiger partial charge in [-0.15, -0.1) is 0 Å². The normalized spacial score (nSPS) is 8.50. The van der Waals surface area contributed by atoms with E-state index in [1.807, 2.05) is 0 Å². The Balaban J connectivity index is 0.000000112. The van der Waals surface area contributed by atoms with Crippen LogP contribution in [0.1, 0.15) is 0 Å². The molecule has 0 unspecified atom stereocenters. The van der Waals surface area contributed by atoms with Crippen molar-refractivity contribution in [1.29, 1.82) is 0 Å². The summed E-state index contributed by atoms with van der Waals surface area (Å²) in [6, 6.07) is 8.48. The minimum atomic E-state index is 1.07. The summed E-state index contributed by atoms with van der Waals surface area (Å²) >= 11 is 4.39. The molecule has 0 aliphatic heterocycles. The van der Waals surface area contributed by atoms with E-state index in [0.29, 0.717) is 0 Å². The molecule has 0 aromatic rings. The molecule has 2 aliphatic rings. The third-order valence-corrected chi connectivity index (χ3v) is 1.32. The molecular formula is C7H4ClNO. The van der Waals surface area contributed by atoms with Crippen LogP contribution in [0, 0.1) is 0 Å². The van der Waals surface area contributed by atoms with Crippen molar-refractivity contribution in [2.45, 2.75) is 0 Å². The van der Waals surface area contributed by atoms with Gasteiger partial charge in [0.1, 0.15) is 0 Å². The predicted octanol–water partition coefficient (Wildman–Crippen LogP) is 2.14. The van der Waals surface area contributed by atoms with Gasteiger partial charge >= 0.3 is 0 Å². The van der Waals surface area contributed by atoms with E-state index in [1.54, 1.807) is 0 Å². The number of hydrogen-bond acceptors (Lipinski definition) is 2. The first-order valence-corrected chi connectivity index (χ1v) is 3.01. The minimum Gasteiger partial charge on any atom is -0.210 e. The molecule has 0 bridgehead atoms. The Morgan fingerprint density at radius 2 is 1.50 bits per heavy atom. The highest BCUT2D eigenvalue weighted by Crippen LogP contribution is 2.29. The van der Waals surface area contributed by atoms with Crippen LogP contribution < -0.4 is 0 Å². The van der Waals surface area contributed by atoms with Gasteiger partial charge in [-0.2, -0.15) is 0 Å². The Labute approximate surface area is 63.3 Å². The summed E-state index contributed by atoms with van der Waals surface area (Å²) in [4.78, 5) is 8.75. The van der Waals surface area contributed by atoms with Crippen molar-refractivity contribution >= 4 is 17.9 Å². The molecule has 0 aromatic carbocycles. The lowest BCUT2D eigenvalue weighted by Gasteiger charge is -2.10. The van der Waals surface area contributed by atoms with Crippen molar-refractivity contribution in [3.8, 4) is 11.1 Å². The quantitative estimate of drug-likeness (QED) is 0.421. The lowest BCUT2D eigenvalue weighted by molar-refractivity contribution is 0.566. The number of rotatable bonds is 0. The molecule has 0 saturated heterocycles. The summed E-state index contributed by atoms with van der Waals surface area (Å²) in [7, 11) is 0. The Morgan fingerprint density at radius 1 is 1.20 bits per heavy atom. The monoisotopic (exact) mass is 153 g/mol. The van der Waals surface area contributed by atoms with Crippen molar-refractivity contribution in [2.75, 3.05) is 0 Å². The molecule has 2 rings (SSSR count). The molecule has 0 fully saturated rings. The van der Waals surface area contributed by atoms with Gasteiger partial charge in [0, 0.05) is 11.8 Å². The summed E-state index contributed by atoms with van der Waals surface area (Å²) in [5.41, 5.74) is 2.85. The molecule has 0 N–H and O–H groups in total. The minimum absolute atomic E-state index is 1.07. The molecule has 2 nitrogen and oxygen atoms in total. The molecule has 0 radical (unpaired) electrons. The van der Waals surface area contributed by atoms with Gasteiger partial charge in [0.15, 0.2) is 0 Å². The van der Waals surface area contributed by atoms with Gasteiger partial charge in [-0.1, -0.05) is 28.8 Å². The van der Waals surface area contributed by atoms with Crippen molar-refractivity contribution in [3.05, 3.63) is 24.3 Å². The van der Waals surface area contributed by atoms with Gasteiger partial charge in [-0.25, -0.2) is 4.79 Å². The zero-order chi connectivity index (χ0) is 7.40. The number of isocyanates is 1. The second kappa shape index (κ2) is 3.16. The van der Waals surface area contributed by atoms with Crippen LogP contribution in [0.15, 0.2) is 28.8 Å². The third kappa shape index (κ3) is 1.24. The second-order valence-corrected chi connectivity index (χ2v) is 1.92. The van der Waals surface area contributed by atoms with E-state index in [0.717, 1.165) is 6.08 Å². The molecule has 0 spiro atoms. The molecule has 0 atom stereocenters. The Morgan fingerprint density at radius 3 is 1.50 bits per heavy atom. The topological polar surface area (TPSA) is 29.4 Å². The van der Waals surface area contributed by atoms with Crippen LogP contribution in [0.3, 0.4) is 0 Å². The van der Waals surface area contributed by atoms with Crippen molar-refractivity contribution in [3.63, 3.8) is 0 Å². The first kappa shape index (κ1) is 7.00. The molecule has 3 heteroatoms. The Kier molecular flexibility index (Phi) is 2.21. The average molecular weight is 154 g/mol. The van der Waals surface area contributed by atoms with E-state index >= 15 is 0 Å². The highest BCUT2D eigenvalue weighted by atomic mass is 35.5. The van der Waals surface area contributed by atoms with E-state index in [9.17, 15) is 0 Å². The maximum atomic E-state index is 8.75. The largest absolute Gasteiger partial charge is 0.253 e. The standard InChI is InChI=1S/C6H4.CClNO/c1-2-6-4-3-5(1)6;2-3-1-4/h1-4H;. The van der Waals surface area contributed by atoms with Crippen LogP contribution in [-0.2, 0) is 4.79 Å². The lowest BCUT2D eigenvalue weighted by atomic mass is 9.95. The fourth-order valence-electron chi connectivity index (χ4n) is 0.663. The fraction of sp³-hybridized carbons (Fsp3) is 0. The van der Waals surface area contributed by atoms with Crippen molar-refractivity contribution in [1.82, 2.24) is 0 Å². The Bertz CT molecular complexity index is 240. The molecule has 0 saturated carbocycles. The molecule has 0 amide bonds. The number of nitrogens with zero attached hydrogens (tertiary/aromatic N) is 1. The first-order chi connectivity index (χ1) is 4.88. The van der Waals surface area contributed by atoms with Crippen molar-refractivity contribution in [2.24, 2.45) is 4.51 Å². The van der Waals surface area contributed by atoms with Crippen LogP contribution in [0.4, 0.5) is 0 Å². The van der Waals surface area contributed by atoms with Gasteiger partial charge in [0.2, 0.25) is 0 Å². The average Bonchev–Trinajstić information content (AvgIpc) is 1.97. The summed E-state index contributed by atoms with van der Waals surface area (Å²) < 4.78 is 2.40. The first-order valence-electron chi connectivity index (χ1n) is 2.67. The van der Waals surface area contributed by atoms with Gasteiger partial charge in [0.25, 0.3) is 6.08 Å². The molecule has 50 valence electrons. The van der Waals surface area contributed by atoms with E-state index in [-0.39, 0.29) is 0 Å². The maximum absolute atomic E-state index is 8.75. The van der Waals surface area contributed by atoms with Gasteiger partial charge < -0.3 is 0 Å². The highest BCUT2D eigenvalue weighted by molar-refractivity contribution is 6.16. The number of hydrogen-bond donors (Lipinski definition) is 0. The summed E-state index contributed by atoms with van der Waals surface area (Å²) in [6.07, 6.45) is 1.07. The van der Waals surface area contributed by atoms with Crippen LogP contribution in [-0.4, -0.2) is 6.08 Å². The number of benzene rings is 1. The van der Waals surface area contributed by atoms with Crippen molar-refractivity contribution < 1.29 is 4.79 Å². The van der Waals surface area contributed by atoms with Gasteiger partial charge in [0.05, 0.1) is 0 Å². The number of halogens is 1. The predicted molar refractivity (Wildman–Crippen MR) is 39.4 cm³/mol. The van der Waals surface area contributed by atoms with Crippen LogP contribution in [0.25, 0.3) is 11.1 Å². The van der Waals surface area contributed by atoms with Crippen LogP contribution in [0.2, 0.25) is 0 Å². The summed E-state index contributed by atoms with van der Waals surface area (Å²) in [5, 5.41) is 0. The summed E-state index contributed by atoms with van der Waals surface area (Å²) in [5.74, 6) is 0. The summed E-state index contributed by atoms with van der Waals surface area (Å²) in [6.45, 7) is 0.